The number of hydrogen-bond acceptors (Lipinski definition) is 3. The van der Waals surface area contributed by atoms with Crippen LogP contribution in [0.25, 0.3) is 0 Å². The lowest BCUT2D eigenvalue weighted by Gasteiger charge is -2.17. The summed E-state index contributed by atoms with van der Waals surface area (Å²) in [6, 6.07) is 3.26. The molecule has 0 aliphatic carbocycles. The highest BCUT2D eigenvalue weighted by Crippen LogP contribution is 2.31. The van der Waals surface area contributed by atoms with Crippen molar-refractivity contribution >= 4 is 23.4 Å². The Morgan fingerprint density at radius 3 is 2.89 bits per heavy atom. The number of carbonyl (C=O) groups is 1. The predicted octanol–water partition coefficient (Wildman–Crippen LogP) is 2.82. The maximum atomic E-state index is 10.7. The summed E-state index contributed by atoms with van der Waals surface area (Å²) in [6.07, 6.45) is -0.0317. The van der Waals surface area contributed by atoms with E-state index in [0.29, 0.717) is 16.5 Å². The van der Waals surface area contributed by atoms with Crippen LogP contribution in [0.15, 0.2) is 12.1 Å². The molecule has 5 nitrogen and oxygen atoms in total. The van der Waals surface area contributed by atoms with Gasteiger partial charge in [-0.3, -0.25) is 5.32 Å². The molecule has 1 amide bonds. The first-order valence-electron chi connectivity index (χ1n) is 6.11. The Morgan fingerprint density at radius 2 is 2.32 bits per heavy atom. The number of nitrogens with zero attached hydrogens (tertiary/aromatic N) is 1. The van der Waals surface area contributed by atoms with Gasteiger partial charge in [0, 0.05) is 35.4 Å². The molecule has 6 heteroatoms. The van der Waals surface area contributed by atoms with E-state index in [1.165, 1.54) is 0 Å². The molecule has 1 atom stereocenters. The fraction of sp³-hybridized carbons (Fsp3) is 0.462. The summed E-state index contributed by atoms with van der Waals surface area (Å²) in [5, 5.41) is 11.5. The molecule has 1 aromatic carbocycles. The van der Waals surface area contributed by atoms with Crippen molar-refractivity contribution in [2.75, 3.05) is 25.5 Å². The minimum absolute atomic E-state index is 0.125. The van der Waals surface area contributed by atoms with Crippen LogP contribution in [0.4, 0.5) is 10.5 Å². The Bertz CT molecular complexity index is 493. The van der Waals surface area contributed by atoms with E-state index < -0.39 is 6.09 Å². The van der Waals surface area contributed by atoms with Crippen molar-refractivity contribution in [1.29, 1.82) is 0 Å². The molecule has 0 spiro atoms. The molecule has 1 heterocycles. The van der Waals surface area contributed by atoms with Crippen LogP contribution in [0.3, 0.4) is 0 Å². The van der Waals surface area contributed by atoms with Crippen LogP contribution in [-0.2, 0) is 0 Å². The van der Waals surface area contributed by atoms with Crippen LogP contribution in [0.2, 0.25) is 5.02 Å². The second kappa shape index (κ2) is 5.67. The minimum Gasteiger partial charge on any atom is -0.489 e. The first-order chi connectivity index (χ1) is 8.95. The van der Waals surface area contributed by atoms with Gasteiger partial charge < -0.3 is 14.7 Å². The summed E-state index contributed by atoms with van der Waals surface area (Å²) in [5.41, 5.74) is 1.25. The number of ether oxygens (including phenoxy) is 1. The highest BCUT2D eigenvalue weighted by atomic mass is 35.5. The van der Waals surface area contributed by atoms with Gasteiger partial charge in [-0.05, 0) is 26.5 Å². The smallest absolute Gasteiger partial charge is 0.409 e. The minimum atomic E-state index is -1.12. The van der Waals surface area contributed by atoms with E-state index in [1.807, 2.05) is 14.0 Å². The lowest BCUT2D eigenvalue weighted by molar-refractivity contribution is 0.206. The van der Waals surface area contributed by atoms with Crippen LogP contribution < -0.4 is 10.1 Å². The van der Waals surface area contributed by atoms with Crippen LogP contribution in [0.5, 0.6) is 5.75 Å². The molecule has 0 bridgehead atoms. The second-order valence-electron chi connectivity index (χ2n) is 4.80. The summed E-state index contributed by atoms with van der Waals surface area (Å²) in [6.45, 7) is 3.74. The van der Waals surface area contributed by atoms with Gasteiger partial charge in [-0.2, -0.15) is 0 Å². The number of rotatable bonds is 3. The summed E-state index contributed by atoms with van der Waals surface area (Å²) in [5.74, 6) is 0.636. The van der Waals surface area contributed by atoms with Crippen LogP contribution in [0.1, 0.15) is 12.0 Å². The number of anilines is 1. The molecule has 0 radical (unpaired) electrons. The van der Waals surface area contributed by atoms with E-state index in [-0.39, 0.29) is 6.10 Å². The average molecular weight is 285 g/mol. The molecule has 1 aromatic rings. The van der Waals surface area contributed by atoms with E-state index in [9.17, 15) is 4.79 Å². The Labute approximate surface area is 117 Å². The zero-order valence-electron chi connectivity index (χ0n) is 10.9. The van der Waals surface area contributed by atoms with Gasteiger partial charge in [-0.25, -0.2) is 4.79 Å². The quantitative estimate of drug-likeness (QED) is 0.896. The molecule has 1 aliphatic rings. The first-order valence-corrected chi connectivity index (χ1v) is 6.49. The maximum Gasteiger partial charge on any atom is 0.409 e. The standard InChI is InChI=1S/C13H17ClN2O3/c1-8-11(14)5-9(15-13(17)18)6-12(8)19-10-3-4-16(2)7-10/h5-6,10,15H,3-4,7H2,1-2H3,(H,17,18). The normalized spacial score (nSPS) is 19.4. The average Bonchev–Trinajstić information content (AvgIpc) is 2.70. The molecule has 1 saturated heterocycles. The number of benzene rings is 1. The number of likely N-dealkylation sites (N-methyl/N-ethyl adjacent to an activating group) is 1. The SMILES string of the molecule is Cc1c(Cl)cc(NC(=O)O)cc1OC1CCN(C)C1. The Balaban J connectivity index is 2.18. The molecule has 0 aromatic heterocycles. The van der Waals surface area contributed by atoms with Crippen molar-refractivity contribution in [1.82, 2.24) is 4.90 Å². The topological polar surface area (TPSA) is 61.8 Å². The monoisotopic (exact) mass is 284 g/mol. The van der Waals surface area contributed by atoms with E-state index >= 15 is 0 Å². The Kier molecular flexibility index (Phi) is 4.17. The number of carboxylic acid groups (broad SMARTS) is 1. The van der Waals surface area contributed by atoms with Crippen LogP contribution in [-0.4, -0.2) is 42.3 Å². The molecule has 1 unspecified atom stereocenters. The summed E-state index contributed by atoms with van der Waals surface area (Å²) >= 11 is 6.09. The molecule has 0 saturated carbocycles. The molecule has 104 valence electrons. The zero-order valence-corrected chi connectivity index (χ0v) is 11.7. The van der Waals surface area contributed by atoms with E-state index in [1.54, 1.807) is 12.1 Å². The van der Waals surface area contributed by atoms with Gasteiger partial charge in [0.15, 0.2) is 0 Å². The van der Waals surface area contributed by atoms with Crippen molar-refractivity contribution in [3.05, 3.63) is 22.7 Å². The van der Waals surface area contributed by atoms with Gasteiger partial charge in [0.25, 0.3) is 0 Å². The molecular formula is C13H17ClN2O3. The fourth-order valence-corrected chi connectivity index (χ4v) is 2.35. The van der Waals surface area contributed by atoms with Gasteiger partial charge in [-0.1, -0.05) is 11.6 Å². The van der Waals surface area contributed by atoms with Gasteiger partial charge in [0.2, 0.25) is 0 Å². The summed E-state index contributed by atoms with van der Waals surface area (Å²) in [7, 11) is 2.05. The van der Waals surface area contributed by atoms with E-state index in [4.69, 9.17) is 21.4 Å². The van der Waals surface area contributed by atoms with E-state index in [2.05, 4.69) is 10.2 Å². The maximum absolute atomic E-state index is 10.7. The Morgan fingerprint density at radius 1 is 1.58 bits per heavy atom. The summed E-state index contributed by atoms with van der Waals surface area (Å²) < 4.78 is 5.92. The Hall–Kier alpha value is -1.46. The van der Waals surface area contributed by atoms with Gasteiger partial charge in [0.05, 0.1) is 0 Å². The van der Waals surface area contributed by atoms with Gasteiger partial charge in [-0.15, -0.1) is 0 Å². The molecule has 19 heavy (non-hydrogen) atoms. The van der Waals surface area contributed by atoms with Crippen molar-refractivity contribution < 1.29 is 14.6 Å². The first kappa shape index (κ1) is 14.0. The van der Waals surface area contributed by atoms with Crippen molar-refractivity contribution in [2.45, 2.75) is 19.4 Å². The lowest BCUT2D eigenvalue weighted by atomic mass is 10.2. The summed E-state index contributed by atoms with van der Waals surface area (Å²) in [4.78, 5) is 12.9. The number of amides is 1. The van der Waals surface area contributed by atoms with Crippen LogP contribution >= 0.6 is 11.6 Å². The van der Waals surface area contributed by atoms with Crippen molar-refractivity contribution in [3.8, 4) is 5.75 Å². The lowest BCUT2D eigenvalue weighted by Crippen LogP contribution is -2.21. The van der Waals surface area contributed by atoms with Gasteiger partial charge >= 0.3 is 6.09 Å². The number of nitrogens with one attached hydrogen (secondary N) is 1. The molecule has 2 rings (SSSR count). The van der Waals surface area contributed by atoms with Gasteiger partial charge in [0.1, 0.15) is 11.9 Å². The number of hydrogen-bond donors (Lipinski definition) is 2. The third-order valence-electron chi connectivity index (χ3n) is 3.19. The highest BCUT2D eigenvalue weighted by Gasteiger charge is 2.22. The third kappa shape index (κ3) is 3.52. The van der Waals surface area contributed by atoms with Crippen molar-refractivity contribution in [2.24, 2.45) is 0 Å². The molecular weight excluding hydrogens is 268 g/mol. The highest BCUT2D eigenvalue weighted by molar-refractivity contribution is 6.31. The molecule has 1 fully saturated rings. The van der Waals surface area contributed by atoms with Crippen LogP contribution in [0, 0.1) is 6.92 Å². The predicted molar refractivity (Wildman–Crippen MR) is 74.4 cm³/mol. The second-order valence-corrected chi connectivity index (χ2v) is 5.21. The largest absolute Gasteiger partial charge is 0.489 e. The van der Waals surface area contributed by atoms with Crippen molar-refractivity contribution in [3.63, 3.8) is 0 Å². The number of likely N-dealkylation sites (tertiary alicyclic amines) is 1. The third-order valence-corrected chi connectivity index (χ3v) is 3.58. The molecule has 2 N–H and O–H groups in total. The zero-order chi connectivity index (χ0) is 14.0. The fourth-order valence-electron chi connectivity index (χ4n) is 2.14. The molecule has 1 aliphatic heterocycles. The number of halogens is 1. The van der Waals surface area contributed by atoms with E-state index in [0.717, 1.165) is 25.1 Å².